The summed E-state index contributed by atoms with van der Waals surface area (Å²) in [5.74, 6) is 1.18. The Bertz CT molecular complexity index is 587. The highest BCUT2D eigenvalue weighted by molar-refractivity contribution is 5.59. The average molecular weight is 264 g/mol. The molecular weight excluding hydrogens is 251 g/mol. The van der Waals surface area contributed by atoms with Crippen LogP contribution in [-0.2, 0) is 13.1 Å². The van der Waals surface area contributed by atoms with Crippen LogP contribution in [-0.4, -0.2) is 23.3 Å². The van der Waals surface area contributed by atoms with Gasteiger partial charge in [-0.1, -0.05) is 5.16 Å². The molecule has 6 nitrogen and oxygen atoms in total. The van der Waals surface area contributed by atoms with Gasteiger partial charge < -0.3 is 19.9 Å². The van der Waals surface area contributed by atoms with Gasteiger partial charge in [-0.2, -0.15) is 4.98 Å². The van der Waals surface area contributed by atoms with Gasteiger partial charge in [0.15, 0.2) is 5.82 Å². The Balaban J connectivity index is 1.83. The number of nitrogens with two attached hydrogens (primary N) is 1. The van der Waals surface area contributed by atoms with Crippen LogP contribution in [0.1, 0.15) is 11.7 Å². The number of hydrogen-bond donors (Lipinski definition) is 1. The molecule has 0 spiro atoms. The number of ether oxygens (including phenoxy) is 1. The number of benzene rings is 1. The second kappa shape index (κ2) is 4.85. The minimum absolute atomic E-state index is 0.220. The molecule has 0 bridgehead atoms. The summed E-state index contributed by atoms with van der Waals surface area (Å²) in [5, 5.41) is 3.85. The molecule has 0 radical (unpaired) electrons. The van der Waals surface area contributed by atoms with Crippen LogP contribution < -0.4 is 15.4 Å². The van der Waals surface area contributed by atoms with Crippen molar-refractivity contribution in [3.05, 3.63) is 35.7 Å². The fourth-order valence-corrected chi connectivity index (χ4v) is 2.02. The normalized spacial score (nSPS) is 14.1. The molecule has 100 valence electrons. The fourth-order valence-electron chi connectivity index (χ4n) is 2.02. The lowest BCUT2D eigenvalue weighted by Crippen LogP contribution is -2.32. The van der Waals surface area contributed by atoms with Crippen LogP contribution in [0.25, 0.3) is 0 Å². The van der Waals surface area contributed by atoms with Gasteiger partial charge in [-0.15, -0.1) is 0 Å². The summed E-state index contributed by atoms with van der Waals surface area (Å²) in [6.07, 6.45) is 0. The van der Waals surface area contributed by atoms with Gasteiger partial charge in [-0.3, -0.25) is 0 Å². The van der Waals surface area contributed by atoms with Crippen molar-refractivity contribution in [1.82, 2.24) is 10.1 Å². The quantitative estimate of drug-likeness (QED) is 0.893. The van der Waals surface area contributed by atoms with Crippen molar-refractivity contribution in [3.8, 4) is 5.75 Å². The molecule has 3 rings (SSSR count). The van der Waals surface area contributed by atoms with E-state index in [1.54, 1.807) is 6.07 Å². The van der Waals surface area contributed by atoms with Crippen LogP contribution in [0.3, 0.4) is 0 Å². The van der Waals surface area contributed by atoms with Crippen molar-refractivity contribution in [2.75, 3.05) is 18.1 Å². The standard InChI is InChI=1S/C12H13FN4O2/c13-8-1-2-9-10(5-8)18-4-3-17(9)7-11-15-12(6-14)19-16-11/h1-2,5H,3-4,6-7,14H2. The molecule has 0 atom stereocenters. The second-order valence-electron chi connectivity index (χ2n) is 4.19. The Kier molecular flexibility index (Phi) is 3.04. The fraction of sp³-hybridized carbons (Fsp3) is 0.333. The van der Waals surface area contributed by atoms with Gasteiger partial charge in [0, 0.05) is 6.07 Å². The Labute approximate surface area is 109 Å². The van der Waals surface area contributed by atoms with E-state index in [-0.39, 0.29) is 12.4 Å². The van der Waals surface area contributed by atoms with Gasteiger partial charge in [0.05, 0.1) is 25.3 Å². The van der Waals surface area contributed by atoms with E-state index in [1.807, 2.05) is 4.90 Å². The maximum atomic E-state index is 13.1. The zero-order chi connectivity index (χ0) is 13.2. The van der Waals surface area contributed by atoms with E-state index in [0.29, 0.717) is 37.2 Å². The first kappa shape index (κ1) is 11.9. The highest BCUT2D eigenvalue weighted by atomic mass is 19.1. The first-order valence-corrected chi connectivity index (χ1v) is 5.95. The number of halogens is 1. The lowest BCUT2D eigenvalue weighted by Gasteiger charge is -2.30. The van der Waals surface area contributed by atoms with E-state index in [9.17, 15) is 4.39 Å². The minimum Gasteiger partial charge on any atom is -0.489 e. The molecule has 1 aliphatic rings. The van der Waals surface area contributed by atoms with Crippen LogP contribution in [0.2, 0.25) is 0 Å². The van der Waals surface area contributed by atoms with E-state index >= 15 is 0 Å². The molecule has 19 heavy (non-hydrogen) atoms. The van der Waals surface area contributed by atoms with E-state index in [2.05, 4.69) is 10.1 Å². The molecular formula is C12H13FN4O2. The van der Waals surface area contributed by atoms with Crippen LogP contribution in [0.15, 0.2) is 22.7 Å². The van der Waals surface area contributed by atoms with Gasteiger partial charge in [-0.05, 0) is 12.1 Å². The SMILES string of the molecule is NCc1nc(CN2CCOc3cc(F)ccc32)no1. The minimum atomic E-state index is -0.314. The van der Waals surface area contributed by atoms with E-state index < -0.39 is 0 Å². The van der Waals surface area contributed by atoms with Gasteiger partial charge in [0.25, 0.3) is 0 Å². The topological polar surface area (TPSA) is 77.4 Å². The highest BCUT2D eigenvalue weighted by Crippen LogP contribution is 2.32. The predicted octanol–water partition coefficient (Wildman–Crippen LogP) is 1.07. The Hall–Kier alpha value is -2.15. The molecule has 0 saturated carbocycles. The Morgan fingerprint density at radius 2 is 2.32 bits per heavy atom. The number of rotatable bonds is 3. The van der Waals surface area contributed by atoms with Crippen molar-refractivity contribution < 1.29 is 13.7 Å². The summed E-state index contributed by atoms with van der Waals surface area (Å²) in [4.78, 5) is 6.17. The average Bonchev–Trinajstić information content (AvgIpc) is 2.86. The van der Waals surface area contributed by atoms with Gasteiger partial charge in [0.1, 0.15) is 18.2 Å². The van der Waals surface area contributed by atoms with E-state index in [4.69, 9.17) is 15.0 Å². The Morgan fingerprint density at radius 3 is 3.11 bits per heavy atom. The second-order valence-corrected chi connectivity index (χ2v) is 4.19. The van der Waals surface area contributed by atoms with Crippen molar-refractivity contribution in [2.45, 2.75) is 13.1 Å². The van der Waals surface area contributed by atoms with Gasteiger partial charge in [0.2, 0.25) is 5.89 Å². The maximum Gasteiger partial charge on any atom is 0.240 e. The third kappa shape index (κ3) is 2.37. The largest absolute Gasteiger partial charge is 0.489 e. The third-order valence-electron chi connectivity index (χ3n) is 2.90. The van der Waals surface area contributed by atoms with Gasteiger partial charge >= 0.3 is 0 Å². The number of nitrogens with zero attached hydrogens (tertiary/aromatic N) is 3. The van der Waals surface area contributed by atoms with Crippen molar-refractivity contribution in [3.63, 3.8) is 0 Å². The number of aromatic nitrogens is 2. The van der Waals surface area contributed by atoms with Crippen LogP contribution in [0.5, 0.6) is 5.75 Å². The molecule has 2 heterocycles. The first-order chi connectivity index (χ1) is 9.26. The molecule has 0 amide bonds. The zero-order valence-corrected chi connectivity index (χ0v) is 10.2. The first-order valence-electron chi connectivity index (χ1n) is 5.95. The summed E-state index contributed by atoms with van der Waals surface area (Å²) in [7, 11) is 0. The van der Waals surface area contributed by atoms with Crippen LogP contribution in [0.4, 0.5) is 10.1 Å². The molecule has 0 aliphatic carbocycles. The van der Waals surface area contributed by atoms with Crippen LogP contribution in [0, 0.1) is 5.82 Å². The van der Waals surface area contributed by atoms with E-state index in [0.717, 1.165) is 5.69 Å². The monoisotopic (exact) mass is 264 g/mol. The molecule has 0 unspecified atom stereocenters. The molecule has 0 fully saturated rings. The number of anilines is 1. The molecule has 2 aromatic rings. The lowest BCUT2D eigenvalue weighted by atomic mass is 10.2. The highest BCUT2D eigenvalue weighted by Gasteiger charge is 2.20. The summed E-state index contributed by atoms with van der Waals surface area (Å²) < 4.78 is 23.5. The maximum absolute atomic E-state index is 13.1. The lowest BCUT2D eigenvalue weighted by molar-refractivity contribution is 0.304. The van der Waals surface area contributed by atoms with Crippen molar-refractivity contribution >= 4 is 5.69 Å². The predicted molar refractivity (Wildman–Crippen MR) is 65.1 cm³/mol. The summed E-state index contributed by atoms with van der Waals surface area (Å²) in [6, 6.07) is 4.47. The summed E-state index contributed by atoms with van der Waals surface area (Å²) >= 11 is 0. The summed E-state index contributed by atoms with van der Waals surface area (Å²) in [5.41, 5.74) is 6.24. The third-order valence-corrected chi connectivity index (χ3v) is 2.90. The van der Waals surface area contributed by atoms with Crippen LogP contribution >= 0.6 is 0 Å². The zero-order valence-electron chi connectivity index (χ0n) is 10.2. The number of fused-ring (bicyclic) bond motifs is 1. The molecule has 7 heteroatoms. The van der Waals surface area contributed by atoms with Crippen molar-refractivity contribution in [2.24, 2.45) is 5.73 Å². The molecule has 0 saturated heterocycles. The van der Waals surface area contributed by atoms with Gasteiger partial charge in [-0.25, -0.2) is 4.39 Å². The van der Waals surface area contributed by atoms with Crippen molar-refractivity contribution in [1.29, 1.82) is 0 Å². The molecule has 2 N–H and O–H groups in total. The molecule has 1 aromatic carbocycles. The Morgan fingerprint density at radius 1 is 1.42 bits per heavy atom. The summed E-state index contributed by atoms with van der Waals surface area (Å²) in [6.45, 7) is 1.88. The molecule has 1 aromatic heterocycles. The number of hydrogen-bond acceptors (Lipinski definition) is 6. The smallest absolute Gasteiger partial charge is 0.240 e. The molecule has 1 aliphatic heterocycles. The van der Waals surface area contributed by atoms with E-state index in [1.165, 1.54) is 12.1 Å².